The number of carbonyl (C=O) groups is 3. The second kappa shape index (κ2) is 11.2. The number of anilines is 1. The van der Waals surface area contributed by atoms with E-state index in [9.17, 15) is 14.4 Å². The Hall–Kier alpha value is -3.66. The minimum atomic E-state index is -0.828. The third-order valence-electron chi connectivity index (χ3n) is 5.49. The topological polar surface area (TPSA) is 112 Å². The van der Waals surface area contributed by atoms with Crippen LogP contribution >= 0.6 is 11.8 Å². The molecule has 10 heteroatoms. The van der Waals surface area contributed by atoms with Gasteiger partial charge in [0.2, 0.25) is 11.8 Å². The van der Waals surface area contributed by atoms with E-state index in [1.165, 1.54) is 12.0 Å². The molecule has 35 heavy (non-hydrogen) atoms. The Morgan fingerprint density at radius 1 is 1.11 bits per heavy atom. The second-order valence-electron chi connectivity index (χ2n) is 8.00. The van der Waals surface area contributed by atoms with Crippen LogP contribution in [0.4, 0.5) is 11.4 Å². The lowest BCUT2D eigenvalue weighted by Crippen LogP contribution is -2.42. The molecule has 2 N–H and O–H groups in total. The molecule has 9 nitrogen and oxygen atoms in total. The maximum atomic E-state index is 13.3. The predicted octanol–water partition coefficient (Wildman–Crippen LogP) is 3.33. The summed E-state index contributed by atoms with van der Waals surface area (Å²) in [4.78, 5) is 48.9. The summed E-state index contributed by atoms with van der Waals surface area (Å²) in [7, 11) is 1.54. The van der Waals surface area contributed by atoms with Crippen molar-refractivity contribution >= 4 is 51.9 Å². The minimum absolute atomic E-state index is 0.0261. The van der Waals surface area contributed by atoms with Gasteiger partial charge >= 0.3 is 0 Å². The quantitative estimate of drug-likeness (QED) is 0.521. The van der Waals surface area contributed by atoms with Crippen LogP contribution in [0.5, 0.6) is 5.75 Å². The van der Waals surface area contributed by atoms with Crippen molar-refractivity contribution in [3.05, 3.63) is 54.1 Å². The summed E-state index contributed by atoms with van der Waals surface area (Å²) in [6.45, 7) is 2.62. The number of rotatable bonds is 9. The van der Waals surface area contributed by atoms with E-state index >= 15 is 0 Å². The van der Waals surface area contributed by atoms with Gasteiger partial charge in [-0.3, -0.25) is 19.4 Å². The van der Waals surface area contributed by atoms with Gasteiger partial charge in [0.25, 0.3) is 5.91 Å². The van der Waals surface area contributed by atoms with Gasteiger partial charge in [0.05, 0.1) is 30.7 Å². The number of fused-ring (bicyclic) bond motifs is 3. The molecule has 182 valence electrons. The molecule has 2 heterocycles. The number of nitrogens with one attached hydrogen (secondary N) is 2. The van der Waals surface area contributed by atoms with Gasteiger partial charge in [0, 0.05) is 12.1 Å². The summed E-state index contributed by atoms with van der Waals surface area (Å²) in [5.41, 5.74) is 1.94. The van der Waals surface area contributed by atoms with E-state index in [1.807, 2.05) is 37.3 Å². The van der Waals surface area contributed by atoms with Crippen molar-refractivity contribution in [3.8, 4) is 5.75 Å². The Kier molecular flexibility index (Phi) is 7.81. The molecule has 4 rings (SSSR count). The van der Waals surface area contributed by atoms with Gasteiger partial charge in [-0.05, 0) is 30.7 Å². The summed E-state index contributed by atoms with van der Waals surface area (Å²) in [6, 6.07) is 13.7. The van der Waals surface area contributed by atoms with E-state index in [-0.39, 0.29) is 29.9 Å². The number of ether oxygens (including phenoxy) is 1. The van der Waals surface area contributed by atoms with Crippen molar-refractivity contribution in [2.24, 2.45) is 9.98 Å². The predicted molar refractivity (Wildman–Crippen MR) is 137 cm³/mol. The third kappa shape index (κ3) is 5.54. The van der Waals surface area contributed by atoms with Gasteiger partial charge in [0.1, 0.15) is 17.6 Å². The van der Waals surface area contributed by atoms with Gasteiger partial charge in [0.15, 0.2) is 5.17 Å². The number of thioether (sulfide) groups is 1. The normalized spacial score (nSPS) is 16.1. The van der Waals surface area contributed by atoms with E-state index in [1.54, 1.807) is 18.2 Å². The van der Waals surface area contributed by atoms with Crippen LogP contribution in [-0.4, -0.2) is 59.1 Å². The number of carbonyl (C=O) groups excluding carboxylic acids is 3. The average molecular weight is 494 g/mol. The highest BCUT2D eigenvalue weighted by molar-refractivity contribution is 8.14. The van der Waals surface area contributed by atoms with Gasteiger partial charge in [-0.25, -0.2) is 9.89 Å². The Balaban J connectivity index is 1.49. The monoisotopic (exact) mass is 493 g/mol. The molecular weight excluding hydrogens is 466 g/mol. The molecule has 0 bridgehead atoms. The first-order valence-electron chi connectivity index (χ1n) is 11.4. The zero-order valence-electron chi connectivity index (χ0n) is 19.6. The third-order valence-corrected chi connectivity index (χ3v) is 6.43. The summed E-state index contributed by atoms with van der Waals surface area (Å²) >= 11 is 1.14. The number of hydrogen-bond donors (Lipinski definition) is 2. The molecule has 0 fully saturated rings. The number of para-hydroxylation sites is 3. The number of amides is 3. The number of aliphatic imine (C=N–C) groups is 2. The molecule has 1 atom stereocenters. The molecule has 2 aromatic rings. The van der Waals surface area contributed by atoms with Crippen LogP contribution in [0.2, 0.25) is 0 Å². The van der Waals surface area contributed by atoms with E-state index in [0.717, 1.165) is 30.2 Å². The largest absolute Gasteiger partial charge is 0.495 e. The van der Waals surface area contributed by atoms with Crippen LogP contribution in [0.1, 0.15) is 31.7 Å². The summed E-state index contributed by atoms with van der Waals surface area (Å²) in [5.74, 6) is 0.239. The van der Waals surface area contributed by atoms with Crippen molar-refractivity contribution in [1.82, 2.24) is 10.2 Å². The van der Waals surface area contributed by atoms with Crippen LogP contribution in [0.15, 0.2) is 58.5 Å². The minimum Gasteiger partial charge on any atom is -0.495 e. The molecule has 0 saturated heterocycles. The Morgan fingerprint density at radius 3 is 2.69 bits per heavy atom. The van der Waals surface area contributed by atoms with E-state index < -0.39 is 6.04 Å². The lowest BCUT2D eigenvalue weighted by atomic mass is 10.1. The first-order valence-corrected chi connectivity index (χ1v) is 12.4. The average Bonchev–Trinajstić information content (AvgIpc) is 3.19. The fourth-order valence-electron chi connectivity index (χ4n) is 3.75. The first kappa shape index (κ1) is 24.5. The number of methoxy groups -OCH3 is 1. The highest BCUT2D eigenvalue weighted by Crippen LogP contribution is 2.34. The number of amidine groups is 2. The molecule has 0 spiro atoms. The molecule has 2 aliphatic heterocycles. The molecule has 0 radical (unpaired) electrons. The van der Waals surface area contributed by atoms with Crippen LogP contribution in [0.3, 0.4) is 0 Å². The van der Waals surface area contributed by atoms with Crippen LogP contribution in [-0.2, 0) is 14.4 Å². The van der Waals surface area contributed by atoms with Crippen molar-refractivity contribution in [1.29, 1.82) is 0 Å². The van der Waals surface area contributed by atoms with E-state index in [0.29, 0.717) is 34.7 Å². The molecule has 0 saturated carbocycles. The van der Waals surface area contributed by atoms with Gasteiger partial charge < -0.3 is 15.4 Å². The van der Waals surface area contributed by atoms with Gasteiger partial charge in [-0.15, -0.1) is 0 Å². The number of hydrogen-bond acceptors (Lipinski definition) is 7. The fourth-order valence-corrected chi connectivity index (χ4v) is 4.55. The van der Waals surface area contributed by atoms with Crippen LogP contribution in [0.25, 0.3) is 0 Å². The Bertz CT molecular complexity index is 1200. The summed E-state index contributed by atoms with van der Waals surface area (Å²) in [6.07, 6.45) is 1.82. The van der Waals surface area contributed by atoms with Crippen molar-refractivity contribution in [3.63, 3.8) is 0 Å². The smallest absolute Gasteiger partial charge is 0.259 e. The Morgan fingerprint density at radius 2 is 1.89 bits per heavy atom. The Labute approximate surface area is 208 Å². The molecule has 2 aromatic carbocycles. The number of unbranched alkanes of at least 4 members (excludes halogenated alkanes) is 1. The zero-order chi connectivity index (χ0) is 24.8. The number of benzene rings is 2. The maximum Gasteiger partial charge on any atom is 0.259 e. The van der Waals surface area contributed by atoms with Gasteiger partial charge in [-0.1, -0.05) is 49.4 Å². The first-order chi connectivity index (χ1) is 17.0. The van der Waals surface area contributed by atoms with E-state index in [2.05, 4.69) is 20.6 Å². The second-order valence-corrected chi connectivity index (χ2v) is 8.94. The highest BCUT2D eigenvalue weighted by atomic mass is 32.2. The molecule has 3 amide bonds. The standard InChI is InChI=1S/C25H27N5O4S/c1-3-4-13-26-21(31)14-19-24(33)30-23(28-19)16-9-5-6-10-17(16)29-25(30)35-15-22(32)27-18-11-7-8-12-20(18)34-2/h5-12,19H,3-4,13-15H2,1-2H3,(H,26,31)(H,27,32)/t19-/m1/s1. The molecule has 0 aromatic heterocycles. The van der Waals surface area contributed by atoms with E-state index in [4.69, 9.17) is 4.74 Å². The molecule has 0 aliphatic carbocycles. The van der Waals surface area contributed by atoms with Gasteiger partial charge in [-0.2, -0.15) is 0 Å². The molecule has 2 aliphatic rings. The van der Waals surface area contributed by atoms with Crippen LogP contribution < -0.4 is 15.4 Å². The highest BCUT2D eigenvalue weighted by Gasteiger charge is 2.42. The molecular formula is C25H27N5O4S. The maximum absolute atomic E-state index is 13.3. The summed E-state index contributed by atoms with van der Waals surface area (Å²) in [5, 5.41) is 6.02. The van der Waals surface area contributed by atoms with Crippen LogP contribution in [0, 0.1) is 0 Å². The van der Waals surface area contributed by atoms with Crippen molar-refractivity contribution < 1.29 is 19.1 Å². The fraction of sp³-hybridized carbons (Fsp3) is 0.320. The zero-order valence-corrected chi connectivity index (χ0v) is 20.4. The SMILES string of the molecule is CCCCNC(=O)C[C@H]1N=C2c3ccccc3N=C(SCC(=O)Nc3ccccc3OC)N2C1=O. The summed E-state index contributed by atoms with van der Waals surface area (Å²) < 4.78 is 5.28. The molecule has 0 unspecified atom stereocenters. The van der Waals surface area contributed by atoms with Crippen molar-refractivity contribution in [2.45, 2.75) is 32.2 Å². The number of nitrogens with zero attached hydrogens (tertiary/aromatic N) is 3. The van der Waals surface area contributed by atoms with Crippen molar-refractivity contribution in [2.75, 3.05) is 24.7 Å². The lowest BCUT2D eigenvalue weighted by Gasteiger charge is -2.25. The lowest BCUT2D eigenvalue weighted by molar-refractivity contribution is -0.128.